The third kappa shape index (κ3) is 3.58. The molecule has 1 aromatic heterocycles. The van der Waals surface area contributed by atoms with Gasteiger partial charge < -0.3 is 10.4 Å². The molecule has 1 unspecified atom stereocenters. The highest BCUT2D eigenvalue weighted by atomic mass is 79.9. The van der Waals surface area contributed by atoms with Crippen molar-refractivity contribution in [2.75, 3.05) is 17.3 Å². The van der Waals surface area contributed by atoms with Crippen LogP contribution >= 0.6 is 15.9 Å². The smallest absolute Gasteiger partial charge is 0.239 e. The Bertz CT molecular complexity index is 347. The summed E-state index contributed by atoms with van der Waals surface area (Å²) < 4.78 is 0.724. The first-order valence-electron chi connectivity index (χ1n) is 4.95. The summed E-state index contributed by atoms with van der Waals surface area (Å²) in [5.41, 5.74) is 2.36. The maximum absolute atomic E-state index is 9.64. The Balaban J connectivity index is 2.65. The van der Waals surface area contributed by atoms with Crippen LogP contribution < -0.4 is 16.6 Å². The van der Waals surface area contributed by atoms with Gasteiger partial charge in [-0.25, -0.2) is 10.8 Å². The summed E-state index contributed by atoms with van der Waals surface area (Å²) in [6.45, 7) is 4.33. The highest BCUT2D eigenvalue weighted by molar-refractivity contribution is 9.10. The van der Waals surface area contributed by atoms with Crippen molar-refractivity contribution in [3.05, 3.63) is 10.7 Å². The average molecular weight is 290 g/mol. The van der Waals surface area contributed by atoms with Gasteiger partial charge in [-0.2, -0.15) is 4.98 Å². The van der Waals surface area contributed by atoms with Crippen LogP contribution in [0.3, 0.4) is 0 Å². The number of aliphatic hydroxyl groups is 1. The molecule has 0 spiro atoms. The Morgan fingerprint density at radius 1 is 1.56 bits per heavy atom. The van der Waals surface area contributed by atoms with Gasteiger partial charge >= 0.3 is 0 Å². The van der Waals surface area contributed by atoms with E-state index in [0.717, 1.165) is 4.47 Å². The minimum absolute atomic E-state index is 0.195. The van der Waals surface area contributed by atoms with Crippen molar-refractivity contribution in [3.63, 3.8) is 0 Å². The number of hydrogen-bond acceptors (Lipinski definition) is 6. The van der Waals surface area contributed by atoms with E-state index >= 15 is 0 Å². The standard InChI is InChI=1S/C9H16BrN5O/c1-5(2)7(16)4-12-8-6(10)3-13-9(14-8)15-11/h3,5,7,16H,4,11H2,1-2H3,(H2,12,13,14,15). The molecular formula is C9H16BrN5O. The van der Waals surface area contributed by atoms with Gasteiger partial charge in [-0.1, -0.05) is 13.8 Å². The van der Waals surface area contributed by atoms with Gasteiger partial charge in [-0.05, 0) is 21.8 Å². The Labute approximate surface area is 103 Å². The molecule has 1 atom stereocenters. The lowest BCUT2D eigenvalue weighted by molar-refractivity contribution is 0.138. The fourth-order valence-corrected chi connectivity index (χ4v) is 1.33. The zero-order valence-corrected chi connectivity index (χ0v) is 10.8. The summed E-state index contributed by atoms with van der Waals surface area (Å²) in [6.07, 6.45) is 1.17. The van der Waals surface area contributed by atoms with Crippen LogP contribution in [0.15, 0.2) is 10.7 Å². The summed E-state index contributed by atoms with van der Waals surface area (Å²) in [4.78, 5) is 8.03. The summed E-state index contributed by atoms with van der Waals surface area (Å²) in [7, 11) is 0. The number of hydrazine groups is 1. The fourth-order valence-electron chi connectivity index (χ4n) is 0.998. The topological polar surface area (TPSA) is 96.1 Å². The molecule has 1 aromatic rings. The number of hydrogen-bond donors (Lipinski definition) is 4. The maximum atomic E-state index is 9.64. The van der Waals surface area contributed by atoms with Gasteiger partial charge in [-0.3, -0.25) is 5.43 Å². The Kier molecular flexibility index (Phi) is 4.91. The fraction of sp³-hybridized carbons (Fsp3) is 0.556. The molecule has 0 aliphatic rings. The second-order valence-corrected chi connectivity index (χ2v) is 4.58. The van der Waals surface area contributed by atoms with Gasteiger partial charge in [-0.15, -0.1) is 0 Å². The largest absolute Gasteiger partial charge is 0.391 e. The molecule has 0 aromatic carbocycles. The zero-order chi connectivity index (χ0) is 12.1. The number of halogens is 1. The van der Waals surface area contributed by atoms with E-state index in [2.05, 4.69) is 36.6 Å². The third-order valence-corrected chi connectivity index (χ3v) is 2.70. The van der Waals surface area contributed by atoms with Crippen molar-refractivity contribution >= 4 is 27.7 Å². The zero-order valence-electron chi connectivity index (χ0n) is 9.24. The highest BCUT2D eigenvalue weighted by Gasteiger charge is 2.10. The minimum Gasteiger partial charge on any atom is -0.391 e. The number of aromatic nitrogens is 2. The van der Waals surface area contributed by atoms with E-state index in [0.29, 0.717) is 18.3 Å². The van der Waals surface area contributed by atoms with E-state index in [9.17, 15) is 5.11 Å². The van der Waals surface area contributed by atoms with E-state index in [1.807, 2.05) is 13.8 Å². The number of rotatable bonds is 5. The molecule has 90 valence electrons. The van der Waals surface area contributed by atoms with Crippen molar-refractivity contribution in [3.8, 4) is 0 Å². The molecule has 7 heteroatoms. The lowest BCUT2D eigenvalue weighted by Crippen LogP contribution is -2.25. The molecular weight excluding hydrogens is 274 g/mol. The van der Waals surface area contributed by atoms with Crippen LogP contribution in [0.1, 0.15) is 13.8 Å². The summed E-state index contributed by atoms with van der Waals surface area (Å²) in [5, 5.41) is 12.7. The Morgan fingerprint density at radius 3 is 2.81 bits per heavy atom. The van der Waals surface area contributed by atoms with Crippen LogP contribution in [-0.2, 0) is 0 Å². The quantitative estimate of drug-likeness (QED) is 0.476. The van der Waals surface area contributed by atoms with Gasteiger partial charge in [0.2, 0.25) is 5.95 Å². The lowest BCUT2D eigenvalue weighted by atomic mass is 10.1. The van der Waals surface area contributed by atoms with E-state index < -0.39 is 6.10 Å². The van der Waals surface area contributed by atoms with Gasteiger partial charge in [0.05, 0.1) is 10.6 Å². The van der Waals surface area contributed by atoms with Crippen LogP contribution in [0.2, 0.25) is 0 Å². The van der Waals surface area contributed by atoms with Crippen molar-refractivity contribution in [1.29, 1.82) is 0 Å². The van der Waals surface area contributed by atoms with Gasteiger partial charge in [0.1, 0.15) is 5.82 Å². The Morgan fingerprint density at radius 2 is 2.25 bits per heavy atom. The van der Waals surface area contributed by atoms with E-state index in [-0.39, 0.29) is 5.92 Å². The number of anilines is 2. The molecule has 16 heavy (non-hydrogen) atoms. The van der Waals surface area contributed by atoms with Gasteiger partial charge in [0, 0.05) is 12.7 Å². The summed E-state index contributed by atoms with van der Waals surface area (Å²) >= 11 is 3.31. The number of nitrogens with one attached hydrogen (secondary N) is 2. The van der Waals surface area contributed by atoms with Crippen molar-refractivity contribution in [2.45, 2.75) is 20.0 Å². The van der Waals surface area contributed by atoms with Gasteiger partial charge in [0.15, 0.2) is 0 Å². The molecule has 0 bridgehead atoms. The first kappa shape index (κ1) is 13.1. The molecule has 1 heterocycles. The SMILES string of the molecule is CC(C)C(O)CNc1nc(NN)ncc1Br. The number of nitrogen functional groups attached to an aromatic ring is 1. The first-order valence-corrected chi connectivity index (χ1v) is 5.75. The van der Waals surface area contributed by atoms with Crippen LogP contribution in [-0.4, -0.2) is 27.7 Å². The molecule has 0 saturated heterocycles. The summed E-state index contributed by atoms with van der Waals surface area (Å²) in [5.74, 6) is 6.32. The predicted octanol–water partition coefficient (Wildman–Crippen LogP) is 0.954. The molecule has 6 nitrogen and oxygen atoms in total. The minimum atomic E-state index is -0.420. The first-order chi connectivity index (χ1) is 7.54. The molecule has 5 N–H and O–H groups in total. The van der Waals surface area contributed by atoms with Crippen LogP contribution in [0, 0.1) is 5.92 Å². The number of nitrogens with zero attached hydrogens (tertiary/aromatic N) is 2. The average Bonchev–Trinajstić information content (AvgIpc) is 2.27. The molecule has 1 rings (SSSR count). The predicted molar refractivity (Wildman–Crippen MR) is 66.9 cm³/mol. The monoisotopic (exact) mass is 289 g/mol. The van der Waals surface area contributed by atoms with E-state index in [4.69, 9.17) is 5.84 Å². The molecule has 0 saturated carbocycles. The lowest BCUT2D eigenvalue weighted by Gasteiger charge is -2.16. The number of nitrogens with two attached hydrogens (primary N) is 1. The van der Waals surface area contributed by atoms with E-state index in [1.54, 1.807) is 6.20 Å². The normalized spacial score (nSPS) is 12.6. The highest BCUT2D eigenvalue weighted by Crippen LogP contribution is 2.19. The van der Waals surface area contributed by atoms with Crippen LogP contribution in [0.25, 0.3) is 0 Å². The molecule has 0 radical (unpaired) electrons. The third-order valence-electron chi connectivity index (χ3n) is 2.12. The van der Waals surface area contributed by atoms with Crippen molar-refractivity contribution in [2.24, 2.45) is 11.8 Å². The Hall–Kier alpha value is -0.920. The van der Waals surface area contributed by atoms with Crippen LogP contribution in [0.4, 0.5) is 11.8 Å². The molecule has 0 aliphatic carbocycles. The molecule has 0 amide bonds. The molecule has 0 fully saturated rings. The molecule has 0 aliphatic heterocycles. The maximum Gasteiger partial charge on any atom is 0.239 e. The van der Waals surface area contributed by atoms with Crippen molar-refractivity contribution in [1.82, 2.24) is 9.97 Å². The second-order valence-electron chi connectivity index (χ2n) is 3.73. The second kappa shape index (κ2) is 5.97. The van der Waals surface area contributed by atoms with E-state index in [1.165, 1.54) is 0 Å². The summed E-state index contributed by atoms with van der Waals surface area (Å²) in [6, 6.07) is 0. The number of aliphatic hydroxyl groups excluding tert-OH is 1. The van der Waals surface area contributed by atoms with Crippen molar-refractivity contribution < 1.29 is 5.11 Å². The van der Waals surface area contributed by atoms with Crippen LogP contribution in [0.5, 0.6) is 0 Å². The van der Waals surface area contributed by atoms with Gasteiger partial charge in [0.25, 0.3) is 0 Å².